The molecule has 0 unspecified atom stereocenters. The number of carbonyl (C=O) groups excluding carboxylic acids is 2. The average Bonchev–Trinajstić information content (AvgIpc) is 3.34. The zero-order valence-corrected chi connectivity index (χ0v) is 21.6. The van der Waals surface area contributed by atoms with Crippen molar-refractivity contribution in [2.75, 3.05) is 23.8 Å². The van der Waals surface area contributed by atoms with E-state index in [4.69, 9.17) is 44.9 Å². The predicted octanol–water partition coefficient (Wildman–Crippen LogP) is 5.17. The van der Waals surface area contributed by atoms with Gasteiger partial charge in [0, 0.05) is 15.6 Å². The van der Waals surface area contributed by atoms with Crippen molar-refractivity contribution in [3.63, 3.8) is 0 Å². The minimum absolute atomic E-state index is 0.121. The normalized spacial score (nSPS) is 10.6. The molecule has 0 amide bonds. The first kappa shape index (κ1) is 25.9. The van der Waals surface area contributed by atoms with Crippen molar-refractivity contribution >= 4 is 74.8 Å². The van der Waals surface area contributed by atoms with Crippen molar-refractivity contribution in [3.8, 4) is 0 Å². The zero-order chi connectivity index (χ0) is 24.8. The molecule has 0 atom stereocenters. The van der Waals surface area contributed by atoms with E-state index in [1.54, 1.807) is 43.7 Å². The molecule has 0 radical (unpaired) electrons. The maximum atomic E-state index is 12.5. The molecule has 34 heavy (non-hydrogen) atoms. The number of benzene rings is 1. The summed E-state index contributed by atoms with van der Waals surface area (Å²) in [5.41, 5.74) is 1.37. The summed E-state index contributed by atoms with van der Waals surface area (Å²) < 4.78 is 11.8. The number of aromatic nitrogens is 3. The Hall–Kier alpha value is -2.73. The molecule has 0 fully saturated rings. The van der Waals surface area contributed by atoms with Crippen molar-refractivity contribution in [1.82, 2.24) is 14.8 Å². The number of carbonyl (C=O) groups is 2. The number of esters is 2. The van der Waals surface area contributed by atoms with Crippen LogP contribution in [0.25, 0.3) is 0 Å². The van der Waals surface area contributed by atoms with Crippen LogP contribution in [0, 0.1) is 6.92 Å². The van der Waals surface area contributed by atoms with Crippen LogP contribution >= 0.6 is 46.8 Å². The molecule has 0 aliphatic rings. The van der Waals surface area contributed by atoms with Gasteiger partial charge in [0.05, 0.1) is 25.3 Å². The quantitative estimate of drug-likeness (QED) is 0.295. The molecular formula is C21H21Cl2N5O4S2. The smallest absolute Gasteiger partial charge is 0.348 e. The Morgan fingerprint density at radius 3 is 2.41 bits per heavy atom. The van der Waals surface area contributed by atoms with Crippen LogP contribution in [0.15, 0.2) is 24.5 Å². The number of hydrogen-bond donors (Lipinski definition) is 2. The molecule has 2 N–H and O–H groups in total. The molecule has 3 aromatic rings. The van der Waals surface area contributed by atoms with Crippen molar-refractivity contribution in [2.24, 2.45) is 0 Å². The Balaban J connectivity index is 1.76. The van der Waals surface area contributed by atoms with E-state index in [0.717, 1.165) is 11.3 Å². The fraction of sp³-hybridized carbons (Fsp3) is 0.286. The summed E-state index contributed by atoms with van der Waals surface area (Å²) in [6, 6.07) is 5.25. The van der Waals surface area contributed by atoms with Crippen LogP contribution in [0.2, 0.25) is 10.0 Å². The van der Waals surface area contributed by atoms with Crippen LogP contribution in [-0.2, 0) is 16.0 Å². The highest BCUT2D eigenvalue weighted by atomic mass is 35.5. The van der Waals surface area contributed by atoms with Crippen LogP contribution in [-0.4, -0.2) is 45.0 Å². The van der Waals surface area contributed by atoms with Crippen LogP contribution in [0.1, 0.15) is 45.0 Å². The minimum Gasteiger partial charge on any atom is -0.462 e. The number of ether oxygens (including phenoxy) is 2. The Bertz CT molecular complexity index is 1210. The van der Waals surface area contributed by atoms with Gasteiger partial charge in [0.2, 0.25) is 5.95 Å². The monoisotopic (exact) mass is 541 g/mol. The molecule has 0 saturated carbocycles. The number of thiophene rings is 1. The van der Waals surface area contributed by atoms with Crippen molar-refractivity contribution in [3.05, 3.63) is 56.1 Å². The second-order valence-corrected chi connectivity index (χ2v) is 8.99. The van der Waals surface area contributed by atoms with Gasteiger partial charge in [0.15, 0.2) is 5.11 Å². The van der Waals surface area contributed by atoms with Gasteiger partial charge in [-0.05, 0) is 50.7 Å². The van der Waals surface area contributed by atoms with E-state index in [0.29, 0.717) is 32.7 Å². The summed E-state index contributed by atoms with van der Waals surface area (Å²) in [5, 5.41) is 11.6. The van der Waals surface area contributed by atoms with Crippen molar-refractivity contribution in [1.29, 1.82) is 0 Å². The van der Waals surface area contributed by atoms with E-state index in [2.05, 4.69) is 20.7 Å². The van der Waals surface area contributed by atoms with Crippen LogP contribution in [0.5, 0.6) is 0 Å². The van der Waals surface area contributed by atoms with Crippen LogP contribution in [0.4, 0.5) is 10.9 Å². The van der Waals surface area contributed by atoms with E-state index in [1.807, 2.05) is 0 Å². The Labute approximate surface area is 215 Å². The highest BCUT2D eigenvalue weighted by Crippen LogP contribution is 2.34. The third-order valence-corrected chi connectivity index (χ3v) is 6.56. The lowest BCUT2D eigenvalue weighted by Crippen LogP contribution is -2.21. The van der Waals surface area contributed by atoms with Gasteiger partial charge in [-0.15, -0.1) is 16.4 Å². The molecule has 2 aromatic heterocycles. The molecule has 0 aliphatic carbocycles. The average molecular weight is 542 g/mol. The lowest BCUT2D eigenvalue weighted by Gasteiger charge is -2.09. The second-order valence-electron chi connectivity index (χ2n) is 6.75. The SMILES string of the molecule is CCOC(=O)c1sc(NC(=S)Nc2ncn(Cc3c(Cl)cccc3Cl)n2)c(C(=O)OCC)c1C. The number of hydrogen-bond acceptors (Lipinski definition) is 8. The maximum Gasteiger partial charge on any atom is 0.348 e. The minimum atomic E-state index is -0.573. The fourth-order valence-corrected chi connectivity index (χ4v) is 4.82. The van der Waals surface area contributed by atoms with E-state index in [1.165, 1.54) is 6.33 Å². The highest BCUT2D eigenvalue weighted by molar-refractivity contribution is 7.80. The molecule has 180 valence electrons. The van der Waals surface area contributed by atoms with Crippen molar-refractivity contribution < 1.29 is 19.1 Å². The summed E-state index contributed by atoms with van der Waals surface area (Å²) in [5.74, 6) is -0.880. The number of rotatable bonds is 8. The molecule has 0 saturated heterocycles. The molecule has 3 rings (SSSR count). The molecule has 9 nitrogen and oxygen atoms in total. The molecule has 0 aliphatic heterocycles. The summed E-state index contributed by atoms with van der Waals surface area (Å²) in [4.78, 5) is 29.3. The number of halogens is 2. The summed E-state index contributed by atoms with van der Waals surface area (Å²) in [6.07, 6.45) is 1.50. The van der Waals surface area contributed by atoms with Gasteiger partial charge in [-0.2, -0.15) is 0 Å². The Morgan fingerprint density at radius 1 is 1.12 bits per heavy atom. The van der Waals surface area contributed by atoms with E-state index >= 15 is 0 Å². The topological polar surface area (TPSA) is 107 Å². The van der Waals surface area contributed by atoms with Gasteiger partial charge >= 0.3 is 11.9 Å². The van der Waals surface area contributed by atoms with Gasteiger partial charge in [-0.25, -0.2) is 19.3 Å². The lowest BCUT2D eigenvalue weighted by atomic mass is 10.1. The highest BCUT2D eigenvalue weighted by Gasteiger charge is 2.27. The van der Waals surface area contributed by atoms with Gasteiger partial charge in [0.25, 0.3) is 0 Å². The first-order chi connectivity index (χ1) is 16.2. The Morgan fingerprint density at radius 2 is 1.76 bits per heavy atom. The van der Waals surface area contributed by atoms with Crippen LogP contribution in [0.3, 0.4) is 0 Å². The van der Waals surface area contributed by atoms with Crippen LogP contribution < -0.4 is 10.6 Å². The van der Waals surface area contributed by atoms with Crippen molar-refractivity contribution in [2.45, 2.75) is 27.3 Å². The second kappa shape index (κ2) is 11.6. The summed E-state index contributed by atoms with van der Waals surface area (Å²) in [7, 11) is 0. The number of nitrogens with one attached hydrogen (secondary N) is 2. The van der Waals surface area contributed by atoms with E-state index in [-0.39, 0.29) is 34.7 Å². The van der Waals surface area contributed by atoms with Gasteiger partial charge in [-0.1, -0.05) is 29.3 Å². The molecule has 0 bridgehead atoms. The van der Waals surface area contributed by atoms with Gasteiger partial charge < -0.3 is 14.8 Å². The molecular weight excluding hydrogens is 521 g/mol. The lowest BCUT2D eigenvalue weighted by molar-refractivity contribution is 0.0527. The molecule has 13 heteroatoms. The largest absolute Gasteiger partial charge is 0.462 e. The molecule has 1 aromatic carbocycles. The van der Waals surface area contributed by atoms with E-state index < -0.39 is 11.9 Å². The summed E-state index contributed by atoms with van der Waals surface area (Å²) >= 11 is 18.8. The molecule has 0 spiro atoms. The fourth-order valence-electron chi connectivity index (χ4n) is 2.95. The van der Waals surface area contributed by atoms with Gasteiger partial charge in [-0.3, -0.25) is 5.32 Å². The predicted molar refractivity (Wildman–Crippen MR) is 136 cm³/mol. The van der Waals surface area contributed by atoms with Gasteiger partial charge in [0.1, 0.15) is 16.2 Å². The Kier molecular flexibility index (Phi) is 8.84. The first-order valence-electron chi connectivity index (χ1n) is 10.1. The summed E-state index contributed by atoms with van der Waals surface area (Å²) in [6.45, 7) is 5.76. The number of anilines is 2. The first-order valence-corrected chi connectivity index (χ1v) is 12.1. The third-order valence-electron chi connectivity index (χ3n) is 4.46. The third kappa shape index (κ3) is 6.03. The number of nitrogens with zero attached hydrogens (tertiary/aromatic N) is 3. The molecule has 2 heterocycles. The standard InChI is InChI=1S/C21H21Cl2N5O4S2/c1-4-31-18(29)15-11(3)16(19(30)32-5-2)34-17(15)25-21(33)26-20-24-10-28(27-20)9-12-13(22)7-6-8-14(12)23/h6-8,10H,4-5,9H2,1-3H3,(H2,25,26,27,33). The van der Waals surface area contributed by atoms with E-state index in [9.17, 15) is 9.59 Å². The maximum absolute atomic E-state index is 12.5. The number of thiocarbonyl (C=S) groups is 1. The zero-order valence-electron chi connectivity index (χ0n) is 18.5.